The van der Waals surface area contributed by atoms with Gasteiger partial charge in [-0.15, -0.1) is 0 Å². The van der Waals surface area contributed by atoms with E-state index in [2.05, 4.69) is 13.8 Å². The van der Waals surface area contributed by atoms with Crippen LogP contribution in [0.4, 0.5) is 8.78 Å². The molecule has 0 nitrogen and oxygen atoms in total. The maximum atomic E-state index is 14.3. The Morgan fingerprint density at radius 1 is 0.739 bits per heavy atom. The van der Waals surface area contributed by atoms with Gasteiger partial charge in [-0.1, -0.05) is 52.4 Å². The maximum absolute atomic E-state index is 14.3. The zero-order valence-electron chi connectivity index (χ0n) is 15.5. The van der Waals surface area contributed by atoms with Crippen LogP contribution in [0.2, 0.25) is 0 Å². The molecule has 2 fully saturated rings. The van der Waals surface area contributed by atoms with Crippen LogP contribution < -0.4 is 0 Å². The average molecular weight is 329 g/mol. The second kappa shape index (κ2) is 9.37. The molecule has 2 saturated carbocycles. The molecule has 0 atom stereocenters. The van der Waals surface area contributed by atoms with Crippen LogP contribution in [0, 0.1) is 23.7 Å². The Labute approximate surface area is 142 Å². The molecule has 0 spiro atoms. The molecule has 23 heavy (non-hydrogen) atoms. The predicted molar refractivity (Wildman–Crippen MR) is 94.9 cm³/mol. The second-order valence-corrected chi connectivity index (χ2v) is 8.40. The van der Waals surface area contributed by atoms with Gasteiger partial charge in [-0.2, -0.15) is 0 Å². The highest BCUT2D eigenvalue weighted by Gasteiger charge is 2.41. The van der Waals surface area contributed by atoms with Gasteiger partial charge >= 0.3 is 0 Å². The first-order chi connectivity index (χ1) is 11.1. The highest BCUT2D eigenvalue weighted by molar-refractivity contribution is 4.86. The first kappa shape index (κ1) is 19.2. The van der Waals surface area contributed by atoms with Crippen LogP contribution in [0.1, 0.15) is 104 Å². The molecule has 136 valence electrons. The highest BCUT2D eigenvalue weighted by atomic mass is 19.3. The lowest BCUT2D eigenvalue weighted by Crippen LogP contribution is -2.34. The fourth-order valence-corrected chi connectivity index (χ4v) is 5.18. The topological polar surface area (TPSA) is 0 Å². The molecular weight excluding hydrogens is 290 g/mol. The van der Waals surface area contributed by atoms with Crippen molar-refractivity contribution in [3.63, 3.8) is 0 Å². The summed E-state index contributed by atoms with van der Waals surface area (Å²) in [6, 6.07) is 0. The van der Waals surface area contributed by atoms with E-state index in [0.29, 0.717) is 6.42 Å². The smallest absolute Gasteiger partial charge is 0.207 e. The van der Waals surface area contributed by atoms with Gasteiger partial charge in [-0.05, 0) is 62.7 Å². The van der Waals surface area contributed by atoms with Gasteiger partial charge in [0.05, 0.1) is 0 Å². The first-order valence-corrected chi connectivity index (χ1v) is 10.4. The predicted octanol–water partition coefficient (Wildman–Crippen LogP) is 7.61. The highest BCUT2D eigenvalue weighted by Crippen LogP contribution is 2.46. The average Bonchev–Trinajstić information content (AvgIpc) is 2.56. The van der Waals surface area contributed by atoms with Crippen molar-refractivity contribution in [3.05, 3.63) is 0 Å². The van der Waals surface area contributed by atoms with Crippen LogP contribution in [-0.4, -0.2) is 5.92 Å². The SMILES string of the molecule is CCCCCC(F)(F)C1CCC(C2CCC(CCC)CC2)CC1. The van der Waals surface area contributed by atoms with Crippen molar-refractivity contribution in [2.24, 2.45) is 23.7 Å². The Kier molecular flexibility index (Phi) is 7.82. The van der Waals surface area contributed by atoms with Crippen molar-refractivity contribution in [3.8, 4) is 0 Å². The minimum absolute atomic E-state index is 0.123. The molecule has 0 aromatic heterocycles. The van der Waals surface area contributed by atoms with Crippen molar-refractivity contribution < 1.29 is 8.78 Å². The second-order valence-electron chi connectivity index (χ2n) is 8.40. The molecule has 2 heteroatoms. The number of alkyl halides is 2. The van der Waals surface area contributed by atoms with Crippen molar-refractivity contribution in [2.45, 2.75) is 110 Å². The maximum Gasteiger partial charge on any atom is 0.250 e. The van der Waals surface area contributed by atoms with E-state index in [0.717, 1.165) is 56.3 Å². The summed E-state index contributed by atoms with van der Waals surface area (Å²) in [5.74, 6) is -0.181. The minimum atomic E-state index is -2.40. The zero-order chi connectivity index (χ0) is 16.7. The Hall–Kier alpha value is -0.140. The van der Waals surface area contributed by atoms with Gasteiger partial charge in [0.25, 0.3) is 5.92 Å². The molecule has 0 N–H and O–H groups in total. The molecule has 0 heterocycles. The summed E-state index contributed by atoms with van der Waals surface area (Å²) in [6.07, 6.45) is 14.7. The van der Waals surface area contributed by atoms with E-state index in [1.54, 1.807) is 0 Å². The van der Waals surface area contributed by atoms with Gasteiger partial charge in [0.1, 0.15) is 0 Å². The Morgan fingerprint density at radius 2 is 1.30 bits per heavy atom. The third-order valence-corrected chi connectivity index (χ3v) is 6.74. The lowest BCUT2D eigenvalue weighted by atomic mass is 9.67. The van der Waals surface area contributed by atoms with Crippen molar-refractivity contribution >= 4 is 0 Å². The van der Waals surface area contributed by atoms with Gasteiger partial charge in [0.15, 0.2) is 0 Å². The van der Waals surface area contributed by atoms with Crippen molar-refractivity contribution in [1.29, 1.82) is 0 Å². The van der Waals surface area contributed by atoms with Crippen LogP contribution in [0.15, 0.2) is 0 Å². The summed E-state index contributed by atoms with van der Waals surface area (Å²) in [4.78, 5) is 0. The normalized spacial score (nSPS) is 32.9. The van der Waals surface area contributed by atoms with E-state index in [1.807, 2.05) is 0 Å². The van der Waals surface area contributed by atoms with Crippen LogP contribution >= 0.6 is 0 Å². The van der Waals surface area contributed by atoms with E-state index < -0.39 is 5.92 Å². The standard InChI is InChI=1S/C21H38F2/c1-3-5-6-16-21(22,23)20-14-12-19(13-15-20)18-10-8-17(7-4-2)9-11-18/h17-20H,3-16H2,1-2H3. The molecule has 0 aromatic carbocycles. The molecule has 0 radical (unpaired) electrons. The lowest BCUT2D eigenvalue weighted by Gasteiger charge is -2.39. The van der Waals surface area contributed by atoms with Crippen LogP contribution in [0.3, 0.4) is 0 Å². The molecule has 2 aliphatic rings. The monoisotopic (exact) mass is 328 g/mol. The van der Waals surface area contributed by atoms with E-state index in [9.17, 15) is 8.78 Å². The third-order valence-electron chi connectivity index (χ3n) is 6.74. The Balaban J connectivity index is 1.71. The minimum Gasteiger partial charge on any atom is -0.207 e. The summed E-state index contributed by atoms with van der Waals surface area (Å²) >= 11 is 0. The summed E-state index contributed by atoms with van der Waals surface area (Å²) in [7, 11) is 0. The summed E-state index contributed by atoms with van der Waals surface area (Å²) in [5.41, 5.74) is 0. The molecule has 0 amide bonds. The largest absolute Gasteiger partial charge is 0.250 e. The summed E-state index contributed by atoms with van der Waals surface area (Å²) in [6.45, 7) is 4.37. The van der Waals surface area contributed by atoms with Gasteiger partial charge in [0, 0.05) is 12.3 Å². The van der Waals surface area contributed by atoms with Gasteiger partial charge in [0.2, 0.25) is 0 Å². The van der Waals surface area contributed by atoms with E-state index >= 15 is 0 Å². The Bertz CT molecular complexity index is 310. The number of halogens is 2. The van der Waals surface area contributed by atoms with Crippen LogP contribution in [0.25, 0.3) is 0 Å². The summed E-state index contributed by atoms with van der Waals surface area (Å²) in [5, 5.41) is 0. The molecule has 0 saturated heterocycles. The van der Waals surface area contributed by atoms with Crippen LogP contribution in [-0.2, 0) is 0 Å². The molecule has 0 bridgehead atoms. The molecule has 0 unspecified atom stereocenters. The molecule has 2 rings (SSSR count). The lowest BCUT2D eigenvalue weighted by molar-refractivity contribution is -0.0860. The number of rotatable bonds is 8. The number of hydrogen-bond donors (Lipinski definition) is 0. The summed E-state index contributed by atoms with van der Waals surface area (Å²) < 4.78 is 28.7. The van der Waals surface area contributed by atoms with Gasteiger partial charge in [-0.25, -0.2) is 8.78 Å². The Morgan fingerprint density at radius 3 is 1.83 bits per heavy atom. The molecule has 0 aromatic rings. The van der Waals surface area contributed by atoms with Crippen molar-refractivity contribution in [2.75, 3.05) is 0 Å². The zero-order valence-corrected chi connectivity index (χ0v) is 15.5. The van der Waals surface area contributed by atoms with Crippen molar-refractivity contribution in [1.82, 2.24) is 0 Å². The van der Waals surface area contributed by atoms with E-state index in [4.69, 9.17) is 0 Å². The van der Waals surface area contributed by atoms with Crippen LogP contribution in [0.5, 0.6) is 0 Å². The van der Waals surface area contributed by atoms with Gasteiger partial charge < -0.3 is 0 Å². The number of hydrogen-bond acceptors (Lipinski definition) is 0. The molecule has 0 aliphatic heterocycles. The first-order valence-electron chi connectivity index (χ1n) is 10.4. The van der Waals surface area contributed by atoms with E-state index in [-0.39, 0.29) is 12.3 Å². The quantitative estimate of drug-likeness (QED) is 0.402. The molecular formula is C21H38F2. The third kappa shape index (κ3) is 5.71. The van der Waals surface area contributed by atoms with E-state index in [1.165, 1.54) is 38.5 Å². The van der Waals surface area contributed by atoms with Gasteiger partial charge in [-0.3, -0.25) is 0 Å². The number of unbranched alkanes of at least 4 members (excludes halogenated alkanes) is 2. The fourth-order valence-electron chi connectivity index (χ4n) is 5.18. The molecule has 2 aliphatic carbocycles. The fraction of sp³-hybridized carbons (Fsp3) is 1.00.